The first-order valence-electron chi connectivity index (χ1n) is 11.2. The van der Waals surface area contributed by atoms with E-state index in [1.165, 1.54) is 23.2 Å². The number of likely N-dealkylation sites (tertiary alicyclic amines) is 1. The summed E-state index contributed by atoms with van der Waals surface area (Å²) in [7, 11) is -3.89. The highest BCUT2D eigenvalue weighted by Crippen LogP contribution is 2.20. The number of imidazole rings is 1. The lowest BCUT2D eigenvalue weighted by molar-refractivity contribution is -0.139. The average Bonchev–Trinajstić information content (AvgIpc) is 3.42. The predicted molar refractivity (Wildman–Crippen MR) is 127 cm³/mol. The van der Waals surface area contributed by atoms with Crippen LogP contribution in [-0.2, 0) is 30.8 Å². The smallest absolute Gasteiger partial charge is 0.408 e. The highest BCUT2D eigenvalue weighted by Gasteiger charge is 2.37. The largest absolute Gasteiger partial charge is 0.444 e. The Morgan fingerprint density at radius 2 is 1.89 bits per heavy atom. The van der Waals surface area contributed by atoms with Crippen LogP contribution in [0, 0.1) is 6.92 Å². The summed E-state index contributed by atoms with van der Waals surface area (Å²) in [6, 6.07) is 4.46. The third-order valence-corrected chi connectivity index (χ3v) is 7.10. The van der Waals surface area contributed by atoms with E-state index in [0.717, 1.165) is 15.9 Å². The molecule has 0 bridgehead atoms. The van der Waals surface area contributed by atoms with Crippen molar-refractivity contribution in [2.45, 2.75) is 69.5 Å². The monoisotopic (exact) mass is 505 g/mol. The Morgan fingerprint density at radius 1 is 1.23 bits per heavy atom. The van der Waals surface area contributed by atoms with Crippen molar-refractivity contribution >= 4 is 27.9 Å². The van der Waals surface area contributed by atoms with Crippen LogP contribution in [0.25, 0.3) is 0 Å². The van der Waals surface area contributed by atoms with Crippen LogP contribution in [0.3, 0.4) is 0 Å². The van der Waals surface area contributed by atoms with E-state index in [1.54, 1.807) is 32.9 Å². The quantitative estimate of drug-likeness (QED) is 0.575. The van der Waals surface area contributed by atoms with E-state index in [4.69, 9.17) is 10.5 Å². The summed E-state index contributed by atoms with van der Waals surface area (Å²) in [4.78, 5) is 43.2. The lowest BCUT2D eigenvalue weighted by Gasteiger charge is -2.28. The van der Waals surface area contributed by atoms with Crippen LogP contribution in [0.1, 0.15) is 44.9 Å². The van der Waals surface area contributed by atoms with Crippen molar-refractivity contribution in [3.05, 3.63) is 48.0 Å². The Hall–Kier alpha value is -3.41. The Bertz CT molecular complexity index is 1200. The summed E-state index contributed by atoms with van der Waals surface area (Å²) in [5, 5.41) is 2.54. The fraction of sp³-hybridized carbons (Fsp3) is 0.478. The van der Waals surface area contributed by atoms with Gasteiger partial charge in [0.25, 0.3) is 10.0 Å². The van der Waals surface area contributed by atoms with E-state index < -0.39 is 45.6 Å². The van der Waals surface area contributed by atoms with Gasteiger partial charge in [0.2, 0.25) is 11.8 Å². The van der Waals surface area contributed by atoms with Crippen molar-refractivity contribution in [3.8, 4) is 0 Å². The molecule has 2 aromatic rings. The molecule has 3 rings (SSSR count). The Labute approximate surface area is 204 Å². The highest BCUT2D eigenvalue weighted by molar-refractivity contribution is 7.90. The SMILES string of the molecule is Cc1ccc(S(=O)(=O)n2cnc(C[C@@H](NC(=O)OC(C)(C)C)C(=O)N3CCC[C@@H]3C(N)=O)c2)cc1. The van der Waals surface area contributed by atoms with Gasteiger partial charge in [-0.2, -0.15) is 0 Å². The number of alkyl carbamates (subject to hydrolysis) is 1. The maximum Gasteiger partial charge on any atom is 0.408 e. The Balaban J connectivity index is 1.85. The number of nitrogens with one attached hydrogen (secondary N) is 1. The minimum absolute atomic E-state index is 0.0907. The lowest BCUT2D eigenvalue weighted by Crippen LogP contribution is -2.54. The van der Waals surface area contributed by atoms with E-state index in [0.29, 0.717) is 19.4 Å². The maximum atomic E-state index is 13.3. The third-order valence-electron chi connectivity index (χ3n) is 5.48. The number of nitrogens with two attached hydrogens (primary N) is 1. The Morgan fingerprint density at radius 3 is 2.49 bits per heavy atom. The van der Waals surface area contributed by atoms with Crippen LogP contribution in [0.2, 0.25) is 0 Å². The maximum absolute atomic E-state index is 13.3. The fourth-order valence-corrected chi connectivity index (χ4v) is 4.95. The molecule has 2 atom stereocenters. The van der Waals surface area contributed by atoms with Crippen molar-refractivity contribution in [1.29, 1.82) is 0 Å². The van der Waals surface area contributed by atoms with Gasteiger partial charge in [0, 0.05) is 19.2 Å². The van der Waals surface area contributed by atoms with Gasteiger partial charge in [-0.15, -0.1) is 0 Å². The first-order valence-corrected chi connectivity index (χ1v) is 12.7. The second-order valence-corrected chi connectivity index (χ2v) is 11.4. The molecule has 190 valence electrons. The zero-order valence-electron chi connectivity index (χ0n) is 20.2. The van der Waals surface area contributed by atoms with Crippen molar-refractivity contribution in [2.24, 2.45) is 5.73 Å². The predicted octanol–water partition coefficient (Wildman–Crippen LogP) is 1.34. The summed E-state index contributed by atoms with van der Waals surface area (Å²) in [5.41, 5.74) is 5.82. The number of aromatic nitrogens is 2. The minimum atomic E-state index is -3.89. The molecule has 2 heterocycles. The molecule has 3 N–H and O–H groups in total. The van der Waals surface area contributed by atoms with Crippen molar-refractivity contribution in [2.75, 3.05) is 6.54 Å². The van der Waals surface area contributed by atoms with Gasteiger partial charge >= 0.3 is 6.09 Å². The van der Waals surface area contributed by atoms with Crippen LogP contribution < -0.4 is 11.1 Å². The molecule has 1 aromatic heterocycles. The molecule has 1 fully saturated rings. The molecule has 1 aliphatic heterocycles. The number of nitrogens with zero attached hydrogens (tertiary/aromatic N) is 3. The molecule has 3 amide bonds. The van der Waals surface area contributed by atoms with Gasteiger partial charge in [-0.1, -0.05) is 17.7 Å². The number of hydrogen-bond acceptors (Lipinski definition) is 7. The molecule has 0 saturated carbocycles. The van der Waals surface area contributed by atoms with Crippen molar-refractivity contribution < 1.29 is 27.5 Å². The number of primary amides is 1. The molecule has 11 nitrogen and oxygen atoms in total. The van der Waals surface area contributed by atoms with Gasteiger partial charge in [0.15, 0.2) is 0 Å². The number of rotatable bonds is 7. The van der Waals surface area contributed by atoms with Crippen LogP contribution in [0.15, 0.2) is 41.7 Å². The number of carbonyl (C=O) groups excluding carboxylic acids is 3. The molecule has 0 spiro atoms. The summed E-state index contributed by atoms with van der Waals surface area (Å²) in [6.45, 7) is 7.22. The molecule has 1 saturated heterocycles. The molecule has 1 aliphatic rings. The van der Waals surface area contributed by atoms with Gasteiger partial charge < -0.3 is 20.7 Å². The van der Waals surface area contributed by atoms with Crippen molar-refractivity contribution in [3.63, 3.8) is 0 Å². The topological polar surface area (TPSA) is 154 Å². The number of amides is 3. The molecule has 0 radical (unpaired) electrons. The lowest BCUT2D eigenvalue weighted by atomic mass is 10.1. The zero-order valence-corrected chi connectivity index (χ0v) is 21.0. The van der Waals surface area contributed by atoms with Gasteiger partial charge in [0.1, 0.15) is 24.0 Å². The summed E-state index contributed by atoms with van der Waals surface area (Å²) < 4.78 is 32.1. The van der Waals surface area contributed by atoms with Crippen LogP contribution in [0.4, 0.5) is 4.79 Å². The Kier molecular flexibility index (Phi) is 7.53. The van der Waals surface area contributed by atoms with Crippen LogP contribution >= 0.6 is 0 Å². The summed E-state index contributed by atoms with van der Waals surface area (Å²) in [5.74, 6) is -1.14. The molecule has 1 aromatic carbocycles. The molecule has 0 unspecified atom stereocenters. The van der Waals surface area contributed by atoms with E-state index >= 15 is 0 Å². The summed E-state index contributed by atoms with van der Waals surface area (Å²) >= 11 is 0. The molecule has 0 aliphatic carbocycles. The fourth-order valence-electron chi connectivity index (χ4n) is 3.80. The molecule has 35 heavy (non-hydrogen) atoms. The number of hydrogen-bond donors (Lipinski definition) is 2. The zero-order chi connectivity index (χ0) is 26.0. The first kappa shape index (κ1) is 26.2. The van der Waals surface area contributed by atoms with Gasteiger partial charge in [-0.05, 0) is 52.7 Å². The van der Waals surface area contributed by atoms with E-state index in [1.807, 2.05) is 6.92 Å². The second-order valence-electron chi connectivity index (χ2n) is 9.51. The second kappa shape index (κ2) is 10.1. The van der Waals surface area contributed by atoms with E-state index in [9.17, 15) is 22.8 Å². The number of ether oxygens (including phenoxy) is 1. The molecular weight excluding hydrogens is 474 g/mol. The number of carbonyl (C=O) groups is 3. The van der Waals surface area contributed by atoms with Gasteiger partial charge in [-0.3, -0.25) is 9.59 Å². The summed E-state index contributed by atoms with van der Waals surface area (Å²) in [6.07, 6.45) is 2.53. The minimum Gasteiger partial charge on any atom is -0.444 e. The first-order chi connectivity index (χ1) is 16.3. The average molecular weight is 506 g/mol. The third kappa shape index (κ3) is 6.38. The molecule has 12 heteroatoms. The normalized spacial score (nSPS) is 17.1. The van der Waals surface area contributed by atoms with E-state index in [2.05, 4.69) is 10.3 Å². The highest BCUT2D eigenvalue weighted by atomic mass is 32.2. The number of aryl methyl sites for hydroxylation is 1. The van der Waals surface area contributed by atoms with Crippen molar-refractivity contribution in [1.82, 2.24) is 19.2 Å². The van der Waals surface area contributed by atoms with Gasteiger partial charge in [0.05, 0.1) is 10.6 Å². The standard InChI is InChI=1S/C23H31N5O6S/c1-15-7-9-17(10-8-15)35(32,33)27-13-16(25-14-27)12-18(26-22(31)34-23(2,3)4)21(30)28-11-5-6-19(28)20(24)29/h7-10,13-14,18-19H,5-6,11-12H2,1-4H3,(H2,24,29)(H,26,31)/t18-,19-/m1/s1. The molecular formula is C23H31N5O6S. The van der Waals surface area contributed by atoms with Gasteiger partial charge in [-0.25, -0.2) is 22.2 Å². The van der Waals surface area contributed by atoms with E-state index in [-0.39, 0.29) is 17.0 Å². The van der Waals surface area contributed by atoms with Crippen LogP contribution in [-0.4, -0.2) is 64.4 Å². The number of benzene rings is 1. The van der Waals surface area contributed by atoms with Crippen LogP contribution in [0.5, 0.6) is 0 Å².